The maximum atomic E-state index is 13.9. The first-order valence-electron chi connectivity index (χ1n) is 25.0. The number of rotatable bonds is 31. The van der Waals surface area contributed by atoms with Crippen molar-refractivity contribution in [2.75, 3.05) is 69.3 Å². The van der Waals surface area contributed by atoms with Gasteiger partial charge in [0.25, 0.3) is 23.6 Å². The molecule has 0 bridgehead atoms. The van der Waals surface area contributed by atoms with E-state index in [1.807, 2.05) is 0 Å². The van der Waals surface area contributed by atoms with Crippen molar-refractivity contribution in [2.45, 2.75) is 88.9 Å². The number of nitrogens with one attached hydrogen (secondary N) is 7. The topological polar surface area (TPSA) is 388 Å². The number of benzene rings is 4. The second-order valence-electron chi connectivity index (χ2n) is 17.7. The van der Waals surface area contributed by atoms with Crippen LogP contribution < -0.4 is 84.8 Å². The summed E-state index contributed by atoms with van der Waals surface area (Å²) in [4.78, 5) is 107. The van der Waals surface area contributed by atoms with Crippen LogP contribution in [-0.2, 0) is 19.2 Å². The largest absolute Gasteiger partial charge is 0.496 e. The summed E-state index contributed by atoms with van der Waals surface area (Å²) in [7, 11) is 5.42. The monoisotopic (exact) mass is 1070 g/mol. The van der Waals surface area contributed by atoms with Crippen LogP contribution in [0.25, 0.3) is 0 Å². The van der Waals surface area contributed by atoms with Crippen molar-refractivity contribution in [1.82, 2.24) is 16.0 Å². The first-order chi connectivity index (χ1) is 36.9. The predicted molar refractivity (Wildman–Crippen MR) is 291 cm³/mol. The van der Waals surface area contributed by atoms with E-state index in [-0.39, 0.29) is 80.8 Å². The Morgan fingerprint density at radius 1 is 0.429 bits per heavy atom. The summed E-state index contributed by atoms with van der Waals surface area (Å²) in [5.74, 6) is -4.66. The van der Waals surface area contributed by atoms with Crippen LogP contribution in [0, 0.1) is 0 Å². The first kappa shape index (κ1) is 61.2. The molecule has 0 aliphatic carbocycles. The van der Waals surface area contributed by atoms with Crippen molar-refractivity contribution in [1.29, 1.82) is 0 Å². The molecule has 4 aromatic rings. The molecule has 0 spiro atoms. The summed E-state index contributed by atoms with van der Waals surface area (Å²) >= 11 is 0. The highest BCUT2D eigenvalue weighted by Gasteiger charge is 2.28. The molecule has 0 heterocycles. The van der Waals surface area contributed by atoms with Gasteiger partial charge in [0, 0.05) is 22.7 Å². The van der Waals surface area contributed by atoms with Gasteiger partial charge in [-0.15, -0.1) is 0 Å². The summed E-state index contributed by atoms with van der Waals surface area (Å²) < 4.78 is 21.5. The number of amides is 8. The number of methoxy groups -OCH3 is 4. The summed E-state index contributed by atoms with van der Waals surface area (Å²) in [6.45, 7) is 2.59. The number of carbonyl (C=O) groups is 8. The molecule has 4 aromatic carbocycles. The number of hydrogen-bond acceptors (Lipinski definition) is 16. The molecule has 4 rings (SSSR count). The van der Waals surface area contributed by atoms with Crippen LogP contribution in [0.15, 0.2) is 72.8 Å². The SMILES string of the molecule is COc1ccc(NC(=O)C(CCCCN)NC(=O)c2cc(NC(=O)C(C)NC(=O)c3cc(NC(=O)C(CCCCN)NC(=O)c4cc(NC(=O)C(N)CCCCN)ccc4OC)ccc3OC)ccc2OC)cc1C(N)=O. The fraction of sp³-hybridized carbons (Fsp3) is 0.396. The smallest absolute Gasteiger partial charge is 0.255 e. The van der Waals surface area contributed by atoms with Crippen molar-refractivity contribution in [3.63, 3.8) is 0 Å². The molecule has 77 heavy (non-hydrogen) atoms. The van der Waals surface area contributed by atoms with Gasteiger partial charge in [0.15, 0.2) is 0 Å². The van der Waals surface area contributed by atoms with Crippen molar-refractivity contribution >= 4 is 70.0 Å². The fourth-order valence-corrected chi connectivity index (χ4v) is 7.79. The average Bonchev–Trinajstić information content (AvgIpc) is 3.42. The second kappa shape index (κ2) is 30.9. The molecule has 24 heteroatoms. The van der Waals surface area contributed by atoms with Crippen LogP contribution in [-0.4, -0.2) is 119 Å². The minimum atomic E-state index is -1.18. The number of nitrogens with two attached hydrogens (primary N) is 5. The van der Waals surface area contributed by atoms with Crippen LogP contribution in [0.3, 0.4) is 0 Å². The molecule has 0 radical (unpaired) electrons. The minimum absolute atomic E-state index is 0.0331. The van der Waals surface area contributed by atoms with Crippen molar-refractivity contribution < 1.29 is 57.3 Å². The van der Waals surface area contributed by atoms with Crippen molar-refractivity contribution in [3.05, 3.63) is 95.1 Å². The minimum Gasteiger partial charge on any atom is -0.496 e. The lowest BCUT2D eigenvalue weighted by molar-refractivity contribution is -0.118. The third-order valence-corrected chi connectivity index (χ3v) is 12.1. The molecule has 24 nitrogen and oxygen atoms in total. The molecular formula is C53H72N12O12. The van der Waals surface area contributed by atoms with Gasteiger partial charge in [-0.3, -0.25) is 38.4 Å². The van der Waals surface area contributed by atoms with E-state index in [4.69, 9.17) is 47.6 Å². The maximum Gasteiger partial charge on any atom is 0.255 e. The highest BCUT2D eigenvalue weighted by molar-refractivity contribution is 6.07. The zero-order chi connectivity index (χ0) is 56.6. The fourth-order valence-electron chi connectivity index (χ4n) is 7.79. The average molecular weight is 1070 g/mol. The Bertz CT molecular complexity index is 2720. The zero-order valence-corrected chi connectivity index (χ0v) is 44.0. The van der Waals surface area contributed by atoms with Crippen molar-refractivity contribution in [2.24, 2.45) is 28.7 Å². The van der Waals surface area contributed by atoms with Gasteiger partial charge in [0.2, 0.25) is 23.6 Å². The molecule has 4 unspecified atom stereocenters. The molecule has 0 aromatic heterocycles. The second-order valence-corrected chi connectivity index (χ2v) is 17.7. The molecule has 0 saturated carbocycles. The predicted octanol–water partition coefficient (Wildman–Crippen LogP) is 2.70. The van der Waals surface area contributed by atoms with E-state index in [2.05, 4.69) is 37.2 Å². The Hall–Kier alpha value is -8.32. The van der Waals surface area contributed by atoms with Crippen LogP contribution in [0.4, 0.5) is 22.7 Å². The summed E-state index contributed by atoms with van der Waals surface area (Å²) in [5.41, 5.74) is 29.4. The van der Waals surface area contributed by atoms with E-state index in [1.54, 1.807) is 6.07 Å². The number of carbonyl (C=O) groups excluding carboxylic acids is 8. The molecule has 4 atom stereocenters. The van der Waals surface area contributed by atoms with Gasteiger partial charge in [-0.2, -0.15) is 0 Å². The number of hydrogen-bond donors (Lipinski definition) is 12. The third kappa shape index (κ3) is 18.2. The Balaban J connectivity index is 1.47. The molecular weight excluding hydrogens is 997 g/mol. The summed E-state index contributed by atoms with van der Waals surface area (Å²) in [6.07, 6.45) is 4.24. The number of primary amides is 1. The maximum absolute atomic E-state index is 13.9. The van der Waals surface area contributed by atoms with Crippen molar-refractivity contribution in [3.8, 4) is 23.0 Å². The van der Waals surface area contributed by atoms with E-state index >= 15 is 0 Å². The van der Waals surface area contributed by atoms with Gasteiger partial charge in [0.05, 0.1) is 56.7 Å². The normalized spacial score (nSPS) is 12.3. The highest BCUT2D eigenvalue weighted by atomic mass is 16.5. The zero-order valence-electron chi connectivity index (χ0n) is 44.0. The first-order valence-corrected chi connectivity index (χ1v) is 25.0. The lowest BCUT2D eigenvalue weighted by Crippen LogP contribution is -2.44. The van der Waals surface area contributed by atoms with Gasteiger partial charge in [-0.25, -0.2) is 0 Å². The summed E-state index contributed by atoms with van der Waals surface area (Å²) in [5, 5.41) is 19.0. The molecule has 416 valence electrons. The van der Waals surface area contributed by atoms with E-state index < -0.39 is 71.4 Å². The van der Waals surface area contributed by atoms with Gasteiger partial charge >= 0.3 is 0 Å². The van der Waals surface area contributed by atoms with Crippen LogP contribution >= 0.6 is 0 Å². The van der Waals surface area contributed by atoms with E-state index in [0.717, 1.165) is 0 Å². The Kier molecular flexibility index (Phi) is 24.6. The number of anilines is 4. The Morgan fingerprint density at radius 2 is 0.740 bits per heavy atom. The number of ether oxygens (including phenoxy) is 4. The van der Waals surface area contributed by atoms with Crippen LogP contribution in [0.2, 0.25) is 0 Å². The molecule has 0 aliphatic rings. The van der Waals surface area contributed by atoms with E-state index in [1.165, 1.54) is 102 Å². The lowest BCUT2D eigenvalue weighted by Gasteiger charge is -2.21. The van der Waals surface area contributed by atoms with Gasteiger partial charge in [-0.05, 0) is 151 Å². The summed E-state index contributed by atoms with van der Waals surface area (Å²) in [6, 6.07) is 13.2. The quantitative estimate of drug-likeness (QED) is 0.0322. The van der Waals surface area contributed by atoms with E-state index in [9.17, 15) is 38.4 Å². The Morgan fingerprint density at radius 3 is 1.09 bits per heavy atom. The Labute approximate surface area is 446 Å². The van der Waals surface area contributed by atoms with E-state index in [0.29, 0.717) is 64.6 Å². The van der Waals surface area contributed by atoms with Gasteiger partial charge in [0.1, 0.15) is 41.1 Å². The molecule has 0 saturated heterocycles. The van der Waals surface area contributed by atoms with Gasteiger partial charge in [-0.1, -0.05) is 6.42 Å². The molecule has 0 fully saturated rings. The third-order valence-electron chi connectivity index (χ3n) is 12.1. The molecule has 17 N–H and O–H groups in total. The highest BCUT2D eigenvalue weighted by Crippen LogP contribution is 2.28. The van der Waals surface area contributed by atoms with Crippen LogP contribution in [0.5, 0.6) is 23.0 Å². The van der Waals surface area contributed by atoms with Crippen LogP contribution in [0.1, 0.15) is 106 Å². The standard InChI is InChI=1S/C53H72N12O12/c1-30(47(67)60-32-16-20-44(76-4)37(27-32)49(69)64-40(13-7-10-24-55)52(72)62-31-15-19-42(74-2)35(26-31)46(58)66)59-48(68)36-29-34(18-22-43(36)75-3)63-53(73)41(14-8-11-25-56)65-50(70)38-28-33(17-21-45(38)77-5)61-51(71)39(57)12-6-9-23-54/h15-22,26-30,39-41H,6-14,23-25,54-57H2,1-5H3,(H2,58,66)(H,59,68)(H,60,67)(H,61,71)(H,62,72)(H,63,73)(H,64,69)(H,65,70). The van der Waals surface area contributed by atoms with Gasteiger partial charge < -0.3 is 84.8 Å². The number of unbranched alkanes of at least 4 members (excludes halogenated alkanes) is 3. The lowest BCUT2D eigenvalue weighted by atomic mass is 10.1. The molecule has 0 aliphatic heterocycles. The molecule has 8 amide bonds.